The fourth-order valence-corrected chi connectivity index (χ4v) is 5.17. The average molecular weight is 480 g/mol. The molecule has 1 N–H and O–H groups in total. The molecule has 0 spiro atoms. The second kappa shape index (κ2) is 9.49. The van der Waals surface area contributed by atoms with Gasteiger partial charge in [-0.25, -0.2) is 8.78 Å². The van der Waals surface area contributed by atoms with E-state index in [9.17, 15) is 8.78 Å². The Kier molecular flexibility index (Phi) is 6.40. The number of nitrogens with zero attached hydrogens (tertiary/aromatic N) is 4. The molecule has 4 heterocycles. The van der Waals surface area contributed by atoms with Crippen molar-refractivity contribution in [2.45, 2.75) is 65.3 Å². The number of piperidine rings is 1. The zero-order valence-corrected chi connectivity index (χ0v) is 20.6. The number of halogens is 2. The Morgan fingerprint density at radius 2 is 1.86 bits per heavy atom. The van der Waals surface area contributed by atoms with Gasteiger partial charge in [-0.15, -0.1) is 10.2 Å². The van der Waals surface area contributed by atoms with E-state index in [1.54, 1.807) is 0 Å². The van der Waals surface area contributed by atoms with E-state index < -0.39 is 6.43 Å². The number of nitrogens with one attached hydrogen (secondary N) is 1. The van der Waals surface area contributed by atoms with Crippen LogP contribution < -0.4 is 0 Å². The lowest BCUT2D eigenvalue weighted by Gasteiger charge is -2.33. The van der Waals surface area contributed by atoms with Gasteiger partial charge in [0.05, 0.1) is 11.6 Å². The molecule has 6 nitrogen and oxygen atoms in total. The molecule has 1 unspecified atom stereocenters. The zero-order valence-electron chi connectivity index (χ0n) is 20.6. The molecule has 8 heteroatoms. The molecular weight excluding hydrogens is 448 g/mol. The lowest BCUT2D eigenvalue weighted by atomic mass is 9.97. The van der Waals surface area contributed by atoms with Gasteiger partial charge in [0.15, 0.2) is 0 Å². The highest BCUT2D eigenvalue weighted by Gasteiger charge is 2.27. The average Bonchev–Trinajstić information content (AvgIpc) is 3.44. The summed E-state index contributed by atoms with van der Waals surface area (Å²) < 4.78 is 33.4. The predicted octanol–water partition coefficient (Wildman–Crippen LogP) is 6.29. The first-order valence-corrected chi connectivity index (χ1v) is 12.2. The molecule has 5 rings (SSSR count). The molecule has 3 aromatic heterocycles. The highest BCUT2D eigenvalue weighted by molar-refractivity contribution is 5.93. The maximum Gasteiger partial charge on any atom is 0.247 e. The zero-order chi connectivity index (χ0) is 24.7. The van der Waals surface area contributed by atoms with Crippen LogP contribution in [0, 0.1) is 13.8 Å². The quantitative estimate of drug-likeness (QED) is 0.352. The summed E-state index contributed by atoms with van der Waals surface area (Å²) in [5.74, 6) is 1.28. The summed E-state index contributed by atoms with van der Waals surface area (Å²) in [5.41, 5.74) is 5.37. The van der Waals surface area contributed by atoms with Crippen LogP contribution in [0.15, 0.2) is 34.7 Å². The first-order valence-electron chi connectivity index (χ1n) is 12.2. The number of alkyl halides is 2. The Hall–Kier alpha value is -3.13. The molecule has 1 aliphatic rings. The first-order chi connectivity index (χ1) is 16.8. The van der Waals surface area contributed by atoms with Gasteiger partial charge in [-0.1, -0.05) is 0 Å². The van der Waals surface area contributed by atoms with Gasteiger partial charge < -0.3 is 14.3 Å². The largest absolute Gasteiger partial charge is 0.420 e. The van der Waals surface area contributed by atoms with E-state index >= 15 is 0 Å². The molecule has 184 valence electrons. The van der Waals surface area contributed by atoms with Crippen LogP contribution in [0.1, 0.15) is 55.4 Å². The summed E-state index contributed by atoms with van der Waals surface area (Å²) in [5, 5.41) is 9.41. The lowest BCUT2D eigenvalue weighted by molar-refractivity contribution is 0.149. The van der Waals surface area contributed by atoms with Crippen LogP contribution >= 0.6 is 0 Å². The van der Waals surface area contributed by atoms with E-state index in [-0.39, 0.29) is 12.3 Å². The molecule has 1 aromatic carbocycles. The number of likely N-dealkylation sites (tertiary alicyclic amines) is 1. The van der Waals surface area contributed by atoms with Crippen LogP contribution in [0.3, 0.4) is 0 Å². The number of hydrogen-bond acceptors (Lipinski definition) is 5. The molecule has 35 heavy (non-hydrogen) atoms. The topological polar surface area (TPSA) is 70.8 Å². The predicted molar refractivity (Wildman–Crippen MR) is 133 cm³/mol. The Labute approximate surface area is 203 Å². The molecule has 0 saturated carbocycles. The Morgan fingerprint density at radius 3 is 2.57 bits per heavy atom. The third kappa shape index (κ3) is 4.85. The number of rotatable bonds is 6. The minimum Gasteiger partial charge on any atom is -0.420 e. The summed E-state index contributed by atoms with van der Waals surface area (Å²) >= 11 is 0. The van der Waals surface area contributed by atoms with E-state index in [1.165, 1.54) is 0 Å². The van der Waals surface area contributed by atoms with Gasteiger partial charge in [-0.3, -0.25) is 4.98 Å². The molecule has 1 saturated heterocycles. The minimum absolute atomic E-state index is 0.211. The molecule has 1 aliphatic heterocycles. The van der Waals surface area contributed by atoms with Crippen LogP contribution in [-0.4, -0.2) is 50.6 Å². The fourth-order valence-electron chi connectivity index (χ4n) is 5.17. The summed E-state index contributed by atoms with van der Waals surface area (Å²) in [6, 6.07) is 10.00. The number of pyridine rings is 1. The van der Waals surface area contributed by atoms with Gasteiger partial charge in [0.25, 0.3) is 0 Å². The highest BCUT2D eigenvalue weighted by atomic mass is 19.3. The van der Waals surface area contributed by atoms with E-state index in [0.717, 1.165) is 59.3 Å². The molecule has 4 aromatic rings. The molecule has 0 radical (unpaired) electrons. The Morgan fingerprint density at radius 1 is 1.09 bits per heavy atom. The van der Waals surface area contributed by atoms with E-state index in [0.29, 0.717) is 29.1 Å². The monoisotopic (exact) mass is 479 g/mol. The summed E-state index contributed by atoms with van der Waals surface area (Å²) in [6.07, 6.45) is -0.690. The lowest BCUT2D eigenvalue weighted by Crippen LogP contribution is -2.39. The van der Waals surface area contributed by atoms with Crippen molar-refractivity contribution in [3.05, 3.63) is 53.2 Å². The molecule has 1 atom stereocenters. The third-order valence-corrected chi connectivity index (χ3v) is 6.85. The smallest absolute Gasteiger partial charge is 0.247 e. The van der Waals surface area contributed by atoms with Gasteiger partial charge in [0.2, 0.25) is 18.2 Å². The van der Waals surface area contributed by atoms with Crippen molar-refractivity contribution in [1.82, 2.24) is 25.1 Å². The van der Waals surface area contributed by atoms with Crippen molar-refractivity contribution in [2.24, 2.45) is 0 Å². The normalized spacial score (nSPS) is 17.2. The number of benzene rings is 1. The van der Waals surface area contributed by atoms with E-state index in [2.05, 4.69) is 38.9 Å². The Bertz CT molecular complexity index is 1320. The van der Waals surface area contributed by atoms with Gasteiger partial charge in [0, 0.05) is 52.4 Å². The van der Waals surface area contributed by atoms with Crippen LogP contribution in [-0.2, 0) is 6.42 Å². The Balaban J connectivity index is 1.52. The van der Waals surface area contributed by atoms with Gasteiger partial charge in [0.1, 0.15) is 0 Å². The van der Waals surface area contributed by atoms with Crippen molar-refractivity contribution in [3.63, 3.8) is 0 Å². The van der Waals surface area contributed by atoms with Gasteiger partial charge >= 0.3 is 0 Å². The maximum absolute atomic E-state index is 13.6. The van der Waals surface area contributed by atoms with Crippen LogP contribution in [0.4, 0.5) is 8.78 Å². The standard InChI is InChI=1S/C27H31F2N5O/c1-15(2)34-9-5-6-19(14-34)27-33-32-26(35-27)18-7-8-23-21(12-18)22(13-24(28)29)25(31-23)20-10-16(3)30-17(4)11-20/h7-8,10-12,15,19,24,31H,5-6,9,13-14H2,1-4H3. The van der Waals surface area contributed by atoms with Crippen LogP contribution in [0.25, 0.3) is 33.6 Å². The van der Waals surface area contributed by atoms with Crippen LogP contribution in [0.2, 0.25) is 0 Å². The summed E-state index contributed by atoms with van der Waals surface area (Å²) in [6.45, 7) is 10.2. The second-order valence-corrected chi connectivity index (χ2v) is 9.85. The van der Waals surface area contributed by atoms with Gasteiger partial charge in [-0.2, -0.15) is 0 Å². The molecular formula is C27H31F2N5O. The maximum atomic E-state index is 13.6. The molecule has 1 fully saturated rings. The second-order valence-electron chi connectivity index (χ2n) is 9.85. The number of hydrogen-bond donors (Lipinski definition) is 1. The molecule has 0 aliphatic carbocycles. The highest BCUT2D eigenvalue weighted by Crippen LogP contribution is 2.36. The fraction of sp³-hybridized carbons (Fsp3) is 0.444. The van der Waals surface area contributed by atoms with Crippen molar-refractivity contribution < 1.29 is 13.2 Å². The third-order valence-electron chi connectivity index (χ3n) is 6.85. The first kappa shape index (κ1) is 23.6. The van der Waals surface area contributed by atoms with Crippen LogP contribution in [0.5, 0.6) is 0 Å². The van der Waals surface area contributed by atoms with E-state index in [1.807, 2.05) is 44.2 Å². The summed E-state index contributed by atoms with van der Waals surface area (Å²) in [7, 11) is 0. The number of H-pyrrole nitrogens is 1. The van der Waals surface area contributed by atoms with Crippen molar-refractivity contribution in [3.8, 4) is 22.7 Å². The van der Waals surface area contributed by atoms with Gasteiger partial charge in [-0.05, 0) is 83.0 Å². The van der Waals surface area contributed by atoms with Crippen molar-refractivity contribution in [1.29, 1.82) is 0 Å². The number of aromatic nitrogens is 4. The number of aryl methyl sites for hydroxylation is 2. The minimum atomic E-state index is -2.47. The molecule has 0 bridgehead atoms. The SMILES string of the molecule is Cc1cc(-c2[nH]c3ccc(-c4nnc(C5CCCN(C(C)C)C5)o4)cc3c2CC(F)F)cc(C)n1. The molecule has 0 amide bonds. The number of aromatic amines is 1. The van der Waals surface area contributed by atoms with Crippen molar-refractivity contribution >= 4 is 10.9 Å². The summed E-state index contributed by atoms with van der Waals surface area (Å²) in [4.78, 5) is 10.2. The van der Waals surface area contributed by atoms with Crippen molar-refractivity contribution in [2.75, 3.05) is 13.1 Å². The number of fused-ring (bicyclic) bond motifs is 1. The van der Waals surface area contributed by atoms with E-state index in [4.69, 9.17) is 4.42 Å².